The molecule has 15 heteroatoms. The summed E-state index contributed by atoms with van der Waals surface area (Å²) in [5.74, 6) is -2.43. The van der Waals surface area contributed by atoms with Crippen LogP contribution in [0.15, 0.2) is 60.8 Å². The standard InChI is InChI=1S/C26H32F3N7O4S/c27-26(28,29)19-7-5-17(6-8-19)13-23(25(38)34-20-14-18-3-1-2-4-22(18)33-15-20)35-24(37)21(32)16-41(39,40)36(11-9-30)12-10-31/h1-8,14-15,21,23H,9-13,16,30-32H2,(H,34,38)(H,35,37)/t21-,23+/m0/s1. The van der Waals surface area contributed by atoms with Gasteiger partial charge in [-0.2, -0.15) is 17.5 Å². The van der Waals surface area contributed by atoms with Gasteiger partial charge >= 0.3 is 6.18 Å². The number of nitrogens with two attached hydrogens (primary N) is 3. The molecule has 0 aliphatic heterocycles. The third kappa shape index (κ3) is 8.93. The van der Waals surface area contributed by atoms with Crippen LogP contribution < -0.4 is 27.8 Å². The first-order valence-corrected chi connectivity index (χ1v) is 14.2. The van der Waals surface area contributed by atoms with Crippen LogP contribution in [0, 0.1) is 0 Å². The molecule has 0 fully saturated rings. The minimum atomic E-state index is -4.55. The van der Waals surface area contributed by atoms with E-state index in [4.69, 9.17) is 17.2 Å². The molecule has 8 N–H and O–H groups in total. The molecule has 1 heterocycles. The second-order valence-electron chi connectivity index (χ2n) is 9.23. The number of halogens is 3. The molecule has 2 amide bonds. The predicted octanol–water partition coefficient (Wildman–Crippen LogP) is 0.796. The lowest BCUT2D eigenvalue weighted by molar-refractivity contribution is -0.137. The Morgan fingerprint density at radius 3 is 2.22 bits per heavy atom. The van der Waals surface area contributed by atoms with Gasteiger partial charge in [0.25, 0.3) is 0 Å². The number of sulfonamides is 1. The number of fused-ring (bicyclic) bond motifs is 1. The topological polar surface area (TPSA) is 187 Å². The molecule has 222 valence electrons. The molecular formula is C26H32F3N7O4S. The van der Waals surface area contributed by atoms with Crippen LogP contribution in [0.25, 0.3) is 10.9 Å². The number of alkyl halides is 3. The van der Waals surface area contributed by atoms with E-state index >= 15 is 0 Å². The highest BCUT2D eigenvalue weighted by Gasteiger charge is 2.32. The first-order chi connectivity index (χ1) is 19.3. The summed E-state index contributed by atoms with van der Waals surface area (Å²) < 4.78 is 65.6. The smallest absolute Gasteiger partial charge is 0.343 e. The van der Waals surface area contributed by atoms with Crippen molar-refractivity contribution >= 4 is 38.4 Å². The van der Waals surface area contributed by atoms with Crippen LogP contribution in [0.5, 0.6) is 0 Å². The van der Waals surface area contributed by atoms with E-state index in [1.807, 2.05) is 0 Å². The fourth-order valence-corrected chi connectivity index (χ4v) is 5.59. The number of carbonyl (C=O) groups is 2. The molecule has 0 radical (unpaired) electrons. The highest BCUT2D eigenvalue weighted by molar-refractivity contribution is 7.89. The van der Waals surface area contributed by atoms with E-state index in [1.165, 1.54) is 18.3 Å². The minimum Gasteiger partial charge on any atom is -0.343 e. The van der Waals surface area contributed by atoms with Crippen molar-refractivity contribution in [1.29, 1.82) is 0 Å². The quantitative estimate of drug-likeness (QED) is 0.192. The van der Waals surface area contributed by atoms with E-state index in [0.29, 0.717) is 16.8 Å². The normalized spacial score (nSPS) is 13.6. The van der Waals surface area contributed by atoms with E-state index in [-0.39, 0.29) is 32.6 Å². The first kappa shape index (κ1) is 31.9. The number of nitrogens with one attached hydrogen (secondary N) is 2. The predicted molar refractivity (Wildman–Crippen MR) is 149 cm³/mol. The maximum Gasteiger partial charge on any atom is 0.416 e. The number of nitrogens with zero attached hydrogens (tertiary/aromatic N) is 2. The van der Waals surface area contributed by atoms with Gasteiger partial charge in [-0.15, -0.1) is 0 Å². The lowest BCUT2D eigenvalue weighted by Crippen LogP contribution is -2.54. The maximum absolute atomic E-state index is 13.3. The highest BCUT2D eigenvalue weighted by Crippen LogP contribution is 2.29. The summed E-state index contributed by atoms with van der Waals surface area (Å²) in [5, 5.41) is 5.82. The van der Waals surface area contributed by atoms with Crippen LogP contribution >= 0.6 is 0 Å². The third-order valence-electron chi connectivity index (χ3n) is 6.09. The fraction of sp³-hybridized carbons (Fsp3) is 0.346. The maximum atomic E-state index is 13.3. The minimum absolute atomic E-state index is 0.0212. The van der Waals surface area contributed by atoms with E-state index < -0.39 is 51.4 Å². The zero-order chi connectivity index (χ0) is 30.2. The summed E-state index contributed by atoms with van der Waals surface area (Å²) in [5.41, 5.74) is 17.3. The summed E-state index contributed by atoms with van der Waals surface area (Å²) in [6.07, 6.45) is -3.34. The number of hydrogen-bond donors (Lipinski definition) is 5. The second-order valence-corrected chi connectivity index (χ2v) is 11.2. The van der Waals surface area contributed by atoms with E-state index in [9.17, 15) is 31.2 Å². The summed E-state index contributed by atoms with van der Waals surface area (Å²) in [4.78, 5) is 30.5. The number of aromatic nitrogens is 1. The Hall–Kier alpha value is -3.63. The molecule has 0 aliphatic rings. The van der Waals surface area contributed by atoms with Gasteiger partial charge in [-0.3, -0.25) is 14.6 Å². The first-order valence-electron chi connectivity index (χ1n) is 12.6. The monoisotopic (exact) mass is 595 g/mol. The van der Waals surface area contributed by atoms with Crippen molar-refractivity contribution in [3.05, 3.63) is 71.9 Å². The average molecular weight is 596 g/mol. The number of anilines is 1. The zero-order valence-corrected chi connectivity index (χ0v) is 22.8. The molecule has 3 aromatic rings. The number of rotatable bonds is 13. The Morgan fingerprint density at radius 2 is 1.61 bits per heavy atom. The largest absolute Gasteiger partial charge is 0.416 e. The van der Waals surface area contributed by atoms with Gasteiger partial charge in [0.2, 0.25) is 21.8 Å². The van der Waals surface area contributed by atoms with Crippen molar-refractivity contribution in [2.24, 2.45) is 17.2 Å². The fourth-order valence-electron chi connectivity index (χ4n) is 4.01. The van der Waals surface area contributed by atoms with Crippen LogP contribution in [0.4, 0.5) is 18.9 Å². The molecule has 11 nitrogen and oxygen atoms in total. The van der Waals surface area contributed by atoms with Crippen molar-refractivity contribution in [1.82, 2.24) is 14.6 Å². The van der Waals surface area contributed by atoms with E-state index in [1.54, 1.807) is 30.3 Å². The van der Waals surface area contributed by atoms with Gasteiger partial charge in [-0.05, 0) is 29.8 Å². The van der Waals surface area contributed by atoms with E-state index in [2.05, 4.69) is 15.6 Å². The van der Waals surface area contributed by atoms with Crippen LogP contribution in [-0.2, 0) is 32.2 Å². The number of benzene rings is 2. The van der Waals surface area contributed by atoms with Crippen LogP contribution in [0.3, 0.4) is 0 Å². The van der Waals surface area contributed by atoms with Gasteiger partial charge in [-0.1, -0.05) is 30.3 Å². The number of carbonyl (C=O) groups excluding carboxylic acids is 2. The lowest BCUT2D eigenvalue weighted by atomic mass is 10.0. The van der Waals surface area contributed by atoms with Gasteiger partial charge in [0.05, 0.1) is 34.8 Å². The van der Waals surface area contributed by atoms with E-state index in [0.717, 1.165) is 21.8 Å². The summed E-state index contributed by atoms with van der Waals surface area (Å²) in [6.45, 7) is 0.0125. The molecule has 0 saturated heterocycles. The second kappa shape index (κ2) is 13.8. The molecule has 0 aliphatic carbocycles. The Labute approximate surface area is 235 Å². The molecular weight excluding hydrogens is 563 g/mol. The Balaban J connectivity index is 1.81. The SMILES string of the molecule is NCCN(CCN)S(=O)(=O)C[C@H](N)C(=O)N[C@H](Cc1ccc(C(F)(F)F)cc1)C(=O)Nc1cnc2ccccc2c1. The summed E-state index contributed by atoms with van der Waals surface area (Å²) in [6, 6.07) is 10.1. The molecule has 0 bridgehead atoms. The lowest BCUT2D eigenvalue weighted by Gasteiger charge is -2.24. The van der Waals surface area contributed by atoms with Gasteiger partial charge in [0, 0.05) is 38.0 Å². The van der Waals surface area contributed by atoms with Crippen molar-refractivity contribution < 1.29 is 31.2 Å². The van der Waals surface area contributed by atoms with Gasteiger partial charge in [-0.25, -0.2) is 8.42 Å². The third-order valence-corrected chi connectivity index (χ3v) is 8.02. The molecule has 1 aromatic heterocycles. The van der Waals surface area contributed by atoms with Crippen molar-refractivity contribution in [2.45, 2.75) is 24.7 Å². The number of amides is 2. The summed E-state index contributed by atoms with van der Waals surface area (Å²) in [7, 11) is -4.02. The highest BCUT2D eigenvalue weighted by atomic mass is 32.2. The molecule has 41 heavy (non-hydrogen) atoms. The number of para-hydroxylation sites is 1. The number of hydrogen-bond acceptors (Lipinski definition) is 8. The van der Waals surface area contributed by atoms with Crippen LogP contribution in [0.2, 0.25) is 0 Å². The molecule has 2 aromatic carbocycles. The Bertz CT molecular complexity index is 1450. The van der Waals surface area contributed by atoms with Gasteiger partial charge in [0.1, 0.15) is 6.04 Å². The molecule has 0 unspecified atom stereocenters. The Morgan fingerprint density at radius 1 is 0.976 bits per heavy atom. The van der Waals surface area contributed by atoms with Crippen molar-refractivity contribution in [3.8, 4) is 0 Å². The number of pyridine rings is 1. The van der Waals surface area contributed by atoms with Crippen molar-refractivity contribution in [3.63, 3.8) is 0 Å². The summed E-state index contributed by atoms with van der Waals surface area (Å²) >= 11 is 0. The van der Waals surface area contributed by atoms with Crippen LogP contribution in [0.1, 0.15) is 11.1 Å². The molecule has 0 spiro atoms. The van der Waals surface area contributed by atoms with Gasteiger partial charge < -0.3 is 27.8 Å². The average Bonchev–Trinajstić information content (AvgIpc) is 2.92. The van der Waals surface area contributed by atoms with Gasteiger partial charge in [0.15, 0.2) is 0 Å². The zero-order valence-electron chi connectivity index (χ0n) is 22.0. The Kier molecular flexibility index (Phi) is 10.8. The molecule has 3 rings (SSSR count). The van der Waals surface area contributed by atoms with Crippen molar-refractivity contribution in [2.75, 3.05) is 37.2 Å². The van der Waals surface area contributed by atoms with Crippen LogP contribution in [-0.4, -0.2) is 73.5 Å². The molecule has 0 saturated carbocycles. The molecule has 2 atom stereocenters.